The Morgan fingerprint density at radius 1 is 0.545 bits per heavy atom. The maximum Gasteiger partial charge on any atom is 0.113 e. The fourth-order valence-electron chi connectivity index (χ4n) is 7.54. The fraction of sp³-hybridized carbons (Fsp3) is 0.0488. The highest BCUT2D eigenvalue weighted by atomic mass is 15.1. The monoisotopic (exact) mass is 561 g/mol. The van der Waals surface area contributed by atoms with Crippen LogP contribution in [0.25, 0.3) is 88.4 Å². The number of para-hydroxylation sites is 2. The fourth-order valence-corrected chi connectivity index (χ4v) is 7.54. The smallest absolute Gasteiger partial charge is 0.113 e. The van der Waals surface area contributed by atoms with Gasteiger partial charge in [0.05, 0.1) is 16.7 Å². The molecule has 1 aliphatic rings. The van der Waals surface area contributed by atoms with Crippen LogP contribution in [0.4, 0.5) is 0 Å². The lowest BCUT2D eigenvalue weighted by Gasteiger charge is -2.16. The standard InChI is InChI=1S/C41H27N3/c1-3-9-37-32(7-1)33-8-2-4-10-38(33)44(37)29-18-12-26(13-19-29)30-20-14-27-17-23-35-31(36-25-43-24-6-5-11-39(43)42-36)21-15-28-16-22-34(30)40(27)41(28)35/h1-4,6-10,12-25H,5,11H2. The van der Waals surface area contributed by atoms with E-state index in [1.807, 2.05) is 0 Å². The van der Waals surface area contributed by atoms with Gasteiger partial charge in [0.15, 0.2) is 0 Å². The van der Waals surface area contributed by atoms with Crippen LogP contribution in [0.5, 0.6) is 0 Å². The SMILES string of the molecule is C1=Cn2cc(-c3ccc4ccc5c(-c6ccc(-n7c8ccccc8c8ccccc87)cc6)ccc6ccc3c4c65)nc2CC1. The third kappa shape index (κ3) is 3.29. The van der Waals surface area contributed by atoms with Crippen LogP contribution in [0.2, 0.25) is 0 Å². The normalized spacial score (nSPS) is 13.2. The van der Waals surface area contributed by atoms with Crippen LogP contribution < -0.4 is 0 Å². The maximum atomic E-state index is 5.05. The molecule has 3 heteroatoms. The Labute approximate surface area is 254 Å². The zero-order valence-corrected chi connectivity index (χ0v) is 24.0. The van der Waals surface area contributed by atoms with Gasteiger partial charge in [-0.25, -0.2) is 4.98 Å². The van der Waals surface area contributed by atoms with Crippen molar-refractivity contribution in [2.45, 2.75) is 12.8 Å². The third-order valence-electron chi connectivity index (χ3n) is 9.57. The Kier molecular flexibility index (Phi) is 4.83. The molecule has 0 radical (unpaired) electrons. The van der Waals surface area contributed by atoms with Gasteiger partial charge >= 0.3 is 0 Å². The van der Waals surface area contributed by atoms with Crippen molar-refractivity contribution in [2.75, 3.05) is 0 Å². The Bertz CT molecular complexity index is 2540. The molecule has 0 fully saturated rings. The minimum atomic E-state index is 0.987. The van der Waals surface area contributed by atoms with E-state index in [1.165, 1.54) is 76.5 Å². The van der Waals surface area contributed by atoms with E-state index in [0.29, 0.717) is 0 Å². The van der Waals surface area contributed by atoms with Crippen molar-refractivity contribution in [3.8, 4) is 28.1 Å². The molecule has 0 saturated carbocycles. The zero-order valence-electron chi connectivity index (χ0n) is 24.0. The second-order valence-corrected chi connectivity index (χ2v) is 11.9. The molecule has 0 amide bonds. The average molecular weight is 562 g/mol. The molecule has 3 heterocycles. The van der Waals surface area contributed by atoms with Crippen molar-refractivity contribution in [1.82, 2.24) is 14.1 Å². The first-order valence-electron chi connectivity index (χ1n) is 15.4. The van der Waals surface area contributed by atoms with E-state index in [1.54, 1.807) is 0 Å². The predicted octanol–water partition coefficient (Wildman–Crippen LogP) is 10.6. The lowest BCUT2D eigenvalue weighted by molar-refractivity contribution is 0.838. The Hall–Kier alpha value is -5.67. The van der Waals surface area contributed by atoms with E-state index < -0.39 is 0 Å². The van der Waals surface area contributed by atoms with Crippen molar-refractivity contribution in [3.05, 3.63) is 139 Å². The molecule has 0 bridgehead atoms. The molecule has 9 aromatic rings. The van der Waals surface area contributed by atoms with Crippen molar-refractivity contribution in [1.29, 1.82) is 0 Å². The number of fused-ring (bicyclic) bond motifs is 4. The molecule has 10 rings (SSSR count). The molecule has 44 heavy (non-hydrogen) atoms. The number of aryl methyl sites for hydroxylation is 1. The lowest BCUT2D eigenvalue weighted by atomic mass is 9.88. The van der Waals surface area contributed by atoms with Crippen LogP contribution in [0.15, 0.2) is 134 Å². The van der Waals surface area contributed by atoms with Crippen LogP contribution >= 0.6 is 0 Å². The highest BCUT2D eigenvalue weighted by Gasteiger charge is 2.18. The van der Waals surface area contributed by atoms with Crippen molar-refractivity contribution >= 4 is 60.3 Å². The third-order valence-corrected chi connectivity index (χ3v) is 9.57. The highest BCUT2D eigenvalue weighted by molar-refractivity contribution is 6.27. The van der Waals surface area contributed by atoms with Gasteiger partial charge in [0.1, 0.15) is 5.82 Å². The summed E-state index contributed by atoms with van der Waals surface area (Å²) in [6.07, 6.45) is 8.59. The first-order chi connectivity index (χ1) is 21.8. The topological polar surface area (TPSA) is 22.8 Å². The van der Waals surface area contributed by atoms with E-state index in [9.17, 15) is 0 Å². The van der Waals surface area contributed by atoms with Crippen LogP contribution in [0, 0.1) is 0 Å². The first kappa shape index (κ1) is 23.8. The summed E-state index contributed by atoms with van der Waals surface area (Å²) in [6.45, 7) is 0. The molecule has 7 aromatic carbocycles. The van der Waals surface area contributed by atoms with Gasteiger partial charge in [0.2, 0.25) is 0 Å². The number of allylic oxidation sites excluding steroid dienone is 1. The molecular weight excluding hydrogens is 534 g/mol. The molecule has 2 aromatic heterocycles. The second-order valence-electron chi connectivity index (χ2n) is 11.9. The molecule has 0 atom stereocenters. The van der Waals surface area contributed by atoms with Crippen molar-refractivity contribution in [2.24, 2.45) is 0 Å². The van der Waals surface area contributed by atoms with E-state index in [4.69, 9.17) is 4.98 Å². The number of hydrogen-bond donors (Lipinski definition) is 0. The van der Waals surface area contributed by atoms with Crippen LogP contribution in [-0.4, -0.2) is 14.1 Å². The number of benzene rings is 7. The molecule has 0 spiro atoms. The number of hydrogen-bond acceptors (Lipinski definition) is 1. The minimum Gasteiger partial charge on any atom is -0.310 e. The maximum absolute atomic E-state index is 5.05. The van der Waals surface area contributed by atoms with Crippen LogP contribution in [0.3, 0.4) is 0 Å². The molecule has 1 aliphatic heterocycles. The quantitative estimate of drug-likeness (QED) is 0.197. The van der Waals surface area contributed by atoms with Gasteiger partial charge in [-0.15, -0.1) is 0 Å². The van der Waals surface area contributed by atoms with E-state index >= 15 is 0 Å². The van der Waals surface area contributed by atoms with Crippen molar-refractivity contribution in [3.63, 3.8) is 0 Å². The molecule has 0 unspecified atom stereocenters. The summed E-state index contributed by atoms with van der Waals surface area (Å²) in [6, 6.07) is 44.7. The minimum absolute atomic E-state index is 0.987. The highest BCUT2D eigenvalue weighted by Crippen LogP contribution is 2.42. The van der Waals surface area contributed by atoms with E-state index in [2.05, 4.69) is 149 Å². The van der Waals surface area contributed by atoms with Gasteiger partial charge in [-0.05, 0) is 74.1 Å². The summed E-state index contributed by atoms with van der Waals surface area (Å²) in [5.41, 5.74) is 8.36. The van der Waals surface area contributed by atoms with E-state index in [0.717, 1.165) is 24.4 Å². The zero-order chi connectivity index (χ0) is 28.8. The molecule has 0 saturated heterocycles. The predicted molar refractivity (Wildman–Crippen MR) is 185 cm³/mol. The van der Waals surface area contributed by atoms with Crippen molar-refractivity contribution < 1.29 is 0 Å². The van der Waals surface area contributed by atoms with E-state index in [-0.39, 0.29) is 0 Å². The van der Waals surface area contributed by atoms with Gasteiger partial charge in [-0.1, -0.05) is 103 Å². The number of nitrogens with zero attached hydrogens (tertiary/aromatic N) is 3. The molecule has 0 aliphatic carbocycles. The second kappa shape index (κ2) is 8.92. The largest absolute Gasteiger partial charge is 0.310 e. The molecule has 0 N–H and O–H groups in total. The van der Waals surface area contributed by atoms with Gasteiger partial charge < -0.3 is 9.13 Å². The Morgan fingerprint density at radius 3 is 1.84 bits per heavy atom. The first-order valence-corrected chi connectivity index (χ1v) is 15.4. The van der Waals surface area contributed by atoms with Gasteiger partial charge in [0, 0.05) is 40.8 Å². The summed E-state index contributed by atoms with van der Waals surface area (Å²) in [5.74, 6) is 1.14. The average Bonchev–Trinajstić information content (AvgIpc) is 3.67. The summed E-state index contributed by atoms with van der Waals surface area (Å²) in [7, 11) is 0. The van der Waals surface area contributed by atoms with Crippen LogP contribution in [-0.2, 0) is 6.42 Å². The molecule has 206 valence electrons. The number of imidazole rings is 1. The summed E-state index contributed by atoms with van der Waals surface area (Å²) >= 11 is 0. The Balaban J connectivity index is 1.14. The van der Waals surface area contributed by atoms with Crippen LogP contribution in [0.1, 0.15) is 12.2 Å². The summed E-state index contributed by atoms with van der Waals surface area (Å²) < 4.78 is 4.56. The number of aromatic nitrogens is 3. The lowest BCUT2D eigenvalue weighted by Crippen LogP contribution is -1.99. The number of rotatable bonds is 3. The van der Waals surface area contributed by atoms with Gasteiger partial charge in [-0.2, -0.15) is 0 Å². The van der Waals surface area contributed by atoms with Gasteiger partial charge in [-0.3, -0.25) is 0 Å². The summed E-state index contributed by atoms with van der Waals surface area (Å²) in [5, 5.41) is 10.3. The molecular formula is C41H27N3. The summed E-state index contributed by atoms with van der Waals surface area (Å²) in [4.78, 5) is 5.05. The Morgan fingerprint density at radius 2 is 1.16 bits per heavy atom. The molecule has 3 nitrogen and oxygen atoms in total. The van der Waals surface area contributed by atoms with Gasteiger partial charge in [0.25, 0.3) is 0 Å².